The van der Waals surface area contributed by atoms with E-state index in [4.69, 9.17) is 17.4 Å². The topological polar surface area (TPSA) is 38.0 Å². The second kappa shape index (κ2) is 5.85. The summed E-state index contributed by atoms with van der Waals surface area (Å²) < 4.78 is 0. The summed E-state index contributed by atoms with van der Waals surface area (Å²) in [5.74, 6) is 6.53. The quantitative estimate of drug-likeness (QED) is 0.633. The smallest absolute Gasteiger partial charge is 0.0465 e. The number of nitrogens with two attached hydrogens (primary N) is 1. The average molecular weight is 253 g/mol. The maximum atomic E-state index is 5.98. The fourth-order valence-corrected chi connectivity index (χ4v) is 3.12. The number of hydrogen-bond donors (Lipinski definition) is 2. The molecule has 2 rings (SSSR count). The number of hydrazine groups is 1. The van der Waals surface area contributed by atoms with Gasteiger partial charge in [-0.15, -0.1) is 0 Å². The van der Waals surface area contributed by atoms with Gasteiger partial charge >= 0.3 is 0 Å². The molecule has 1 aliphatic carbocycles. The van der Waals surface area contributed by atoms with Crippen molar-refractivity contribution in [3.05, 3.63) is 34.3 Å². The van der Waals surface area contributed by atoms with Gasteiger partial charge in [0.05, 0.1) is 0 Å². The maximum Gasteiger partial charge on any atom is 0.0465 e. The van der Waals surface area contributed by atoms with Crippen LogP contribution in [0.4, 0.5) is 0 Å². The molecule has 1 aromatic carbocycles. The highest BCUT2D eigenvalue weighted by Crippen LogP contribution is 2.33. The Bertz CT molecular complexity index is 372. The van der Waals surface area contributed by atoms with E-state index < -0.39 is 0 Å². The van der Waals surface area contributed by atoms with Gasteiger partial charge < -0.3 is 0 Å². The van der Waals surface area contributed by atoms with Crippen LogP contribution in [0.5, 0.6) is 0 Å². The summed E-state index contributed by atoms with van der Waals surface area (Å²) in [6.45, 7) is 2.10. The van der Waals surface area contributed by atoms with Crippen molar-refractivity contribution in [2.24, 2.45) is 11.8 Å². The summed E-state index contributed by atoms with van der Waals surface area (Å²) in [6, 6.07) is 6.31. The minimum absolute atomic E-state index is 0.260. The standard InChI is InChI=1S/C14H21ClN2/c1-10-8-12(15)6-7-13(10)14(17-16)9-11-4-2-3-5-11/h6-8,11,14,17H,2-5,9,16H2,1H3. The predicted molar refractivity (Wildman–Crippen MR) is 72.8 cm³/mol. The van der Waals surface area contributed by atoms with E-state index in [1.165, 1.54) is 36.8 Å². The van der Waals surface area contributed by atoms with Crippen molar-refractivity contribution in [3.8, 4) is 0 Å². The van der Waals surface area contributed by atoms with Gasteiger partial charge in [0.2, 0.25) is 0 Å². The summed E-state index contributed by atoms with van der Waals surface area (Å²) in [5.41, 5.74) is 5.46. The number of rotatable bonds is 4. The maximum absolute atomic E-state index is 5.98. The van der Waals surface area contributed by atoms with Gasteiger partial charge in [-0.1, -0.05) is 43.4 Å². The second-order valence-electron chi connectivity index (χ2n) is 5.11. The van der Waals surface area contributed by atoms with Crippen LogP contribution in [0.25, 0.3) is 0 Å². The molecule has 1 aliphatic rings. The molecule has 94 valence electrons. The number of aryl methyl sites for hydroxylation is 1. The highest BCUT2D eigenvalue weighted by molar-refractivity contribution is 6.30. The molecule has 3 heteroatoms. The van der Waals surface area contributed by atoms with Gasteiger partial charge in [0.1, 0.15) is 0 Å². The van der Waals surface area contributed by atoms with E-state index in [0.717, 1.165) is 17.4 Å². The zero-order chi connectivity index (χ0) is 12.3. The Hall–Kier alpha value is -0.570. The van der Waals surface area contributed by atoms with Crippen LogP contribution in [0.2, 0.25) is 5.02 Å². The van der Waals surface area contributed by atoms with E-state index in [2.05, 4.69) is 18.4 Å². The minimum Gasteiger partial charge on any atom is -0.271 e. The number of benzene rings is 1. The molecule has 2 nitrogen and oxygen atoms in total. The molecule has 0 radical (unpaired) electrons. The lowest BCUT2D eigenvalue weighted by molar-refractivity contribution is 0.399. The third kappa shape index (κ3) is 3.21. The summed E-state index contributed by atoms with van der Waals surface area (Å²) in [7, 11) is 0. The molecule has 1 unspecified atom stereocenters. The molecule has 17 heavy (non-hydrogen) atoms. The Labute approximate surface area is 109 Å². The Balaban J connectivity index is 2.10. The SMILES string of the molecule is Cc1cc(Cl)ccc1C(CC1CCCC1)NN. The first kappa shape index (κ1) is 12.9. The van der Waals surface area contributed by atoms with Gasteiger partial charge in [-0.3, -0.25) is 11.3 Å². The highest BCUT2D eigenvalue weighted by Gasteiger charge is 2.21. The molecule has 0 bridgehead atoms. The molecule has 1 fully saturated rings. The van der Waals surface area contributed by atoms with E-state index in [1.54, 1.807) is 0 Å². The van der Waals surface area contributed by atoms with Crippen LogP contribution >= 0.6 is 11.6 Å². The lowest BCUT2D eigenvalue weighted by atomic mass is 9.92. The first-order valence-electron chi connectivity index (χ1n) is 6.43. The van der Waals surface area contributed by atoms with Gasteiger partial charge in [-0.2, -0.15) is 0 Å². The molecule has 1 atom stereocenters. The molecule has 0 aliphatic heterocycles. The first-order chi connectivity index (χ1) is 8.20. The molecule has 0 spiro atoms. The van der Waals surface area contributed by atoms with Crippen molar-refractivity contribution in [2.75, 3.05) is 0 Å². The van der Waals surface area contributed by atoms with Crippen molar-refractivity contribution in [1.82, 2.24) is 5.43 Å². The van der Waals surface area contributed by atoms with E-state index in [-0.39, 0.29) is 6.04 Å². The predicted octanol–water partition coefficient (Wildman–Crippen LogP) is 3.73. The second-order valence-corrected chi connectivity index (χ2v) is 5.54. The summed E-state index contributed by atoms with van der Waals surface area (Å²) in [6.07, 6.45) is 6.59. The van der Waals surface area contributed by atoms with E-state index in [1.807, 2.05) is 12.1 Å². The lowest BCUT2D eigenvalue weighted by Crippen LogP contribution is -2.30. The molecular formula is C14H21ClN2. The van der Waals surface area contributed by atoms with E-state index >= 15 is 0 Å². The Morgan fingerprint density at radius 1 is 1.41 bits per heavy atom. The van der Waals surface area contributed by atoms with Gasteiger partial charge in [0.25, 0.3) is 0 Å². The summed E-state index contributed by atoms with van der Waals surface area (Å²) >= 11 is 5.98. The molecule has 0 heterocycles. The van der Waals surface area contributed by atoms with Gasteiger partial charge in [0, 0.05) is 11.1 Å². The highest BCUT2D eigenvalue weighted by atomic mass is 35.5. The zero-order valence-electron chi connectivity index (χ0n) is 10.4. The van der Waals surface area contributed by atoms with Gasteiger partial charge in [-0.05, 0) is 42.5 Å². The molecule has 3 N–H and O–H groups in total. The summed E-state index contributed by atoms with van der Waals surface area (Å²) in [5, 5.41) is 0.794. The Kier molecular flexibility index (Phi) is 4.43. The minimum atomic E-state index is 0.260. The zero-order valence-corrected chi connectivity index (χ0v) is 11.1. The van der Waals surface area contributed by atoms with E-state index in [9.17, 15) is 0 Å². The Morgan fingerprint density at radius 2 is 2.12 bits per heavy atom. The molecule has 1 aromatic rings. The third-order valence-corrected chi connectivity index (χ3v) is 4.09. The van der Waals surface area contributed by atoms with Crippen LogP contribution in [0.15, 0.2) is 18.2 Å². The average Bonchev–Trinajstić information content (AvgIpc) is 2.79. The largest absolute Gasteiger partial charge is 0.271 e. The molecule has 0 amide bonds. The summed E-state index contributed by atoms with van der Waals surface area (Å²) in [4.78, 5) is 0. The van der Waals surface area contributed by atoms with Crippen LogP contribution < -0.4 is 11.3 Å². The van der Waals surface area contributed by atoms with Crippen LogP contribution in [0.3, 0.4) is 0 Å². The van der Waals surface area contributed by atoms with Crippen molar-refractivity contribution in [2.45, 2.75) is 45.1 Å². The lowest BCUT2D eigenvalue weighted by Gasteiger charge is -2.22. The third-order valence-electron chi connectivity index (χ3n) is 3.85. The Morgan fingerprint density at radius 3 is 2.71 bits per heavy atom. The van der Waals surface area contributed by atoms with Crippen molar-refractivity contribution < 1.29 is 0 Å². The fourth-order valence-electron chi connectivity index (χ4n) is 2.89. The van der Waals surface area contributed by atoms with Crippen LogP contribution in [0.1, 0.15) is 49.3 Å². The molecular weight excluding hydrogens is 232 g/mol. The number of halogens is 1. The van der Waals surface area contributed by atoms with Crippen LogP contribution in [-0.2, 0) is 0 Å². The normalized spacial score (nSPS) is 18.5. The van der Waals surface area contributed by atoms with Crippen molar-refractivity contribution >= 4 is 11.6 Å². The number of nitrogens with one attached hydrogen (secondary N) is 1. The molecule has 1 saturated carbocycles. The molecule has 0 saturated heterocycles. The first-order valence-corrected chi connectivity index (χ1v) is 6.80. The fraction of sp³-hybridized carbons (Fsp3) is 0.571. The van der Waals surface area contributed by atoms with E-state index in [0.29, 0.717) is 0 Å². The van der Waals surface area contributed by atoms with Crippen LogP contribution in [0, 0.1) is 12.8 Å². The van der Waals surface area contributed by atoms with Crippen molar-refractivity contribution in [1.29, 1.82) is 0 Å². The van der Waals surface area contributed by atoms with Gasteiger partial charge in [0.15, 0.2) is 0 Å². The van der Waals surface area contributed by atoms with Crippen LogP contribution in [-0.4, -0.2) is 0 Å². The van der Waals surface area contributed by atoms with Gasteiger partial charge in [-0.25, -0.2) is 0 Å². The molecule has 0 aromatic heterocycles. The van der Waals surface area contributed by atoms with Crippen molar-refractivity contribution in [3.63, 3.8) is 0 Å². The number of hydrogen-bond acceptors (Lipinski definition) is 2. The monoisotopic (exact) mass is 252 g/mol.